The second-order valence-electron chi connectivity index (χ2n) is 3.13. The van der Waals surface area contributed by atoms with Crippen LogP contribution in [0.4, 0.5) is 0 Å². The summed E-state index contributed by atoms with van der Waals surface area (Å²) in [5.41, 5.74) is 2.75. The van der Waals surface area contributed by atoms with Gasteiger partial charge in [0.25, 0.3) is 0 Å². The standard InChI is InChI=1S/C10H12ClN/c11-10-3-1-2-8-4-6-12-7-5-9(8)10/h1-3,12H,4-7H2. The Morgan fingerprint density at radius 3 is 2.92 bits per heavy atom. The van der Waals surface area contributed by atoms with E-state index in [4.69, 9.17) is 11.6 Å². The Balaban J connectivity index is 2.42. The number of nitrogens with one attached hydrogen (secondary N) is 1. The molecule has 0 atom stereocenters. The van der Waals surface area contributed by atoms with E-state index in [1.807, 2.05) is 12.1 Å². The van der Waals surface area contributed by atoms with Crippen LogP contribution in [0.2, 0.25) is 5.02 Å². The summed E-state index contributed by atoms with van der Waals surface area (Å²) in [6.45, 7) is 2.13. The van der Waals surface area contributed by atoms with E-state index in [-0.39, 0.29) is 0 Å². The normalized spacial score (nSPS) is 16.8. The fraction of sp³-hybridized carbons (Fsp3) is 0.400. The first-order valence-electron chi connectivity index (χ1n) is 4.35. The molecule has 0 saturated heterocycles. The molecule has 0 bridgehead atoms. The summed E-state index contributed by atoms with van der Waals surface area (Å²) >= 11 is 6.09. The molecule has 0 aliphatic carbocycles. The first kappa shape index (κ1) is 8.09. The number of halogens is 1. The van der Waals surface area contributed by atoms with Crippen molar-refractivity contribution in [1.82, 2.24) is 5.32 Å². The average molecular weight is 182 g/mol. The summed E-state index contributed by atoms with van der Waals surface area (Å²) in [4.78, 5) is 0. The van der Waals surface area contributed by atoms with Crippen LogP contribution in [0, 0.1) is 0 Å². The third-order valence-electron chi connectivity index (χ3n) is 2.34. The highest BCUT2D eigenvalue weighted by Crippen LogP contribution is 2.21. The minimum Gasteiger partial charge on any atom is -0.316 e. The van der Waals surface area contributed by atoms with Crippen LogP contribution < -0.4 is 5.32 Å². The van der Waals surface area contributed by atoms with Gasteiger partial charge < -0.3 is 5.32 Å². The Labute approximate surface area is 77.7 Å². The van der Waals surface area contributed by atoms with Crippen LogP contribution in [0.3, 0.4) is 0 Å². The van der Waals surface area contributed by atoms with Crippen molar-refractivity contribution in [2.24, 2.45) is 0 Å². The molecule has 1 heterocycles. The summed E-state index contributed by atoms with van der Waals surface area (Å²) in [7, 11) is 0. The summed E-state index contributed by atoms with van der Waals surface area (Å²) in [6.07, 6.45) is 2.17. The monoisotopic (exact) mass is 181 g/mol. The third-order valence-corrected chi connectivity index (χ3v) is 2.69. The van der Waals surface area contributed by atoms with Crippen LogP contribution in [-0.4, -0.2) is 13.1 Å². The lowest BCUT2D eigenvalue weighted by Crippen LogP contribution is -2.16. The van der Waals surface area contributed by atoms with Gasteiger partial charge in [-0.25, -0.2) is 0 Å². The minimum absolute atomic E-state index is 0.927. The van der Waals surface area contributed by atoms with Crippen molar-refractivity contribution in [2.75, 3.05) is 13.1 Å². The Hall–Kier alpha value is -0.530. The van der Waals surface area contributed by atoms with E-state index in [1.54, 1.807) is 0 Å². The van der Waals surface area contributed by atoms with Gasteiger partial charge in [-0.15, -0.1) is 0 Å². The summed E-state index contributed by atoms with van der Waals surface area (Å²) in [6, 6.07) is 6.19. The van der Waals surface area contributed by atoms with E-state index in [2.05, 4.69) is 11.4 Å². The summed E-state index contributed by atoms with van der Waals surface area (Å²) in [5, 5.41) is 4.29. The van der Waals surface area contributed by atoms with E-state index >= 15 is 0 Å². The molecule has 2 rings (SSSR count). The highest BCUT2D eigenvalue weighted by Gasteiger charge is 2.09. The zero-order valence-electron chi connectivity index (χ0n) is 6.94. The van der Waals surface area contributed by atoms with Crippen molar-refractivity contribution in [3.05, 3.63) is 34.3 Å². The molecule has 1 aromatic rings. The van der Waals surface area contributed by atoms with Gasteiger partial charge >= 0.3 is 0 Å². The molecule has 0 saturated carbocycles. The van der Waals surface area contributed by atoms with Gasteiger partial charge in [0.05, 0.1) is 0 Å². The number of rotatable bonds is 0. The van der Waals surface area contributed by atoms with Gasteiger partial charge in [-0.3, -0.25) is 0 Å². The SMILES string of the molecule is Clc1cccc2c1CCNCC2. The first-order chi connectivity index (χ1) is 5.88. The third kappa shape index (κ3) is 1.47. The predicted molar refractivity (Wildman–Crippen MR) is 51.7 cm³/mol. The average Bonchev–Trinajstić information content (AvgIpc) is 2.30. The van der Waals surface area contributed by atoms with Crippen molar-refractivity contribution in [3.8, 4) is 0 Å². The van der Waals surface area contributed by atoms with Crippen molar-refractivity contribution in [2.45, 2.75) is 12.8 Å². The molecule has 0 radical (unpaired) electrons. The van der Waals surface area contributed by atoms with Crippen LogP contribution in [0.1, 0.15) is 11.1 Å². The van der Waals surface area contributed by atoms with Crippen LogP contribution in [0.15, 0.2) is 18.2 Å². The van der Waals surface area contributed by atoms with Crippen LogP contribution in [-0.2, 0) is 12.8 Å². The fourth-order valence-electron chi connectivity index (χ4n) is 1.68. The molecule has 0 unspecified atom stereocenters. The van der Waals surface area contributed by atoms with E-state index in [0.29, 0.717) is 0 Å². The maximum atomic E-state index is 6.09. The Morgan fingerprint density at radius 1 is 1.17 bits per heavy atom. The highest BCUT2D eigenvalue weighted by atomic mass is 35.5. The van der Waals surface area contributed by atoms with Crippen molar-refractivity contribution < 1.29 is 0 Å². The van der Waals surface area contributed by atoms with Gasteiger partial charge in [0.15, 0.2) is 0 Å². The molecule has 1 nitrogen and oxygen atoms in total. The van der Waals surface area contributed by atoms with Crippen molar-refractivity contribution in [1.29, 1.82) is 0 Å². The van der Waals surface area contributed by atoms with Crippen LogP contribution >= 0.6 is 11.6 Å². The maximum Gasteiger partial charge on any atom is 0.0441 e. The Kier molecular flexibility index (Phi) is 2.33. The molecular weight excluding hydrogens is 170 g/mol. The van der Waals surface area contributed by atoms with Crippen LogP contribution in [0.25, 0.3) is 0 Å². The predicted octanol–water partition coefficient (Wildman–Crippen LogP) is 2.03. The molecule has 12 heavy (non-hydrogen) atoms. The zero-order chi connectivity index (χ0) is 8.39. The lowest BCUT2D eigenvalue weighted by atomic mass is 10.0. The van der Waals surface area contributed by atoms with E-state index < -0.39 is 0 Å². The van der Waals surface area contributed by atoms with Gasteiger partial charge in [-0.1, -0.05) is 23.7 Å². The molecule has 1 aliphatic rings. The molecular formula is C10H12ClN. The summed E-state index contributed by atoms with van der Waals surface area (Å²) in [5.74, 6) is 0. The molecule has 1 aromatic carbocycles. The zero-order valence-corrected chi connectivity index (χ0v) is 7.69. The smallest absolute Gasteiger partial charge is 0.0441 e. The first-order valence-corrected chi connectivity index (χ1v) is 4.73. The van der Waals surface area contributed by atoms with Crippen molar-refractivity contribution in [3.63, 3.8) is 0 Å². The van der Waals surface area contributed by atoms with E-state index in [1.165, 1.54) is 11.1 Å². The largest absolute Gasteiger partial charge is 0.316 e. The Morgan fingerprint density at radius 2 is 2.00 bits per heavy atom. The molecule has 64 valence electrons. The van der Waals surface area contributed by atoms with Gasteiger partial charge in [-0.2, -0.15) is 0 Å². The molecule has 2 heteroatoms. The lowest BCUT2D eigenvalue weighted by molar-refractivity contribution is 0.711. The number of benzene rings is 1. The van der Waals surface area contributed by atoms with Gasteiger partial charge in [0.2, 0.25) is 0 Å². The molecule has 1 N–H and O–H groups in total. The number of hydrogen-bond donors (Lipinski definition) is 1. The topological polar surface area (TPSA) is 12.0 Å². The molecule has 0 aromatic heterocycles. The molecule has 0 spiro atoms. The van der Waals surface area contributed by atoms with Gasteiger partial charge in [-0.05, 0) is 43.1 Å². The van der Waals surface area contributed by atoms with Crippen LogP contribution in [0.5, 0.6) is 0 Å². The number of fused-ring (bicyclic) bond motifs is 1. The fourth-order valence-corrected chi connectivity index (χ4v) is 1.97. The lowest BCUT2D eigenvalue weighted by Gasteiger charge is -2.05. The van der Waals surface area contributed by atoms with Gasteiger partial charge in [0, 0.05) is 5.02 Å². The maximum absolute atomic E-state index is 6.09. The quantitative estimate of drug-likeness (QED) is 0.646. The highest BCUT2D eigenvalue weighted by molar-refractivity contribution is 6.31. The van der Waals surface area contributed by atoms with Gasteiger partial charge in [0.1, 0.15) is 0 Å². The molecule has 0 amide bonds. The number of hydrogen-bond acceptors (Lipinski definition) is 1. The second kappa shape index (κ2) is 3.46. The van der Waals surface area contributed by atoms with E-state index in [9.17, 15) is 0 Å². The second-order valence-corrected chi connectivity index (χ2v) is 3.53. The minimum atomic E-state index is 0.927. The van der Waals surface area contributed by atoms with E-state index in [0.717, 1.165) is 31.0 Å². The summed E-state index contributed by atoms with van der Waals surface area (Å²) < 4.78 is 0. The Bertz CT molecular complexity index is 283. The molecule has 1 aliphatic heterocycles. The molecule has 0 fully saturated rings. The van der Waals surface area contributed by atoms with Crippen molar-refractivity contribution >= 4 is 11.6 Å².